The van der Waals surface area contributed by atoms with E-state index in [9.17, 15) is 5.11 Å². The predicted octanol–water partition coefficient (Wildman–Crippen LogP) is 2.45. The average Bonchev–Trinajstić information content (AvgIpc) is 2.63. The standard InChI is InChI=1S/C14H13NOS.CH4/c1-3-4-13-10(2)15-14(17-13)9-11-5-7-12(16)8-6-11;/h3-8,16H,1-2,9H2;1H4/b13-4+;. The Morgan fingerprint density at radius 2 is 1.94 bits per heavy atom. The zero-order chi connectivity index (χ0) is 12.3. The molecular formula is C15H17NOS. The van der Waals surface area contributed by atoms with Crippen LogP contribution >= 0.6 is 11.3 Å². The summed E-state index contributed by atoms with van der Waals surface area (Å²) in [5.41, 5.74) is 1.13. The van der Waals surface area contributed by atoms with Crippen LogP contribution < -0.4 is 9.88 Å². The third-order valence-electron chi connectivity index (χ3n) is 2.33. The van der Waals surface area contributed by atoms with E-state index in [1.165, 1.54) is 0 Å². The van der Waals surface area contributed by atoms with Crippen molar-refractivity contribution in [3.63, 3.8) is 0 Å². The first-order chi connectivity index (χ1) is 8.19. The Hall–Kier alpha value is -1.87. The van der Waals surface area contributed by atoms with Crippen LogP contribution in [0.5, 0.6) is 5.75 Å². The van der Waals surface area contributed by atoms with Crippen molar-refractivity contribution in [2.75, 3.05) is 0 Å². The fourth-order valence-electron chi connectivity index (χ4n) is 1.52. The summed E-state index contributed by atoms with van der Waals surface area (Å²) in [6, 6.07) is 7.17. The lowest BCUT2D eigenvalue weighted by atomic mass is 10.1. The highest BCUT2D eigenvalue weighted by atomic mass is 32.1. The molecule has 2 rings (SSSR count). The molecule has 3 heteroatoms. The van der Waals surface area contributed by atoms with Crippen LogP contribution in [-0.2, 0) is 6.42 Å². The van der Waals surface area contributed by atoms with Gasteiger partial charge in [0.1, 0.15) is 5.75 Å². The second-order valence-electron chi connectivity index (χ2n) is 3.66. The summed E-state index contributed by atoms with van der Waals surface area (Å²) in [5, 5.41) is 11.0. The first-order valence-electron chi connectivity index (χ1n) is 5.24. The number of nitrogens with zero attached hydrogens (tertiary/aromatic N) is 1. The number of aromatic hydroxyl groups is 1. The van der Waals surface area contributed by atoms with Crippen LogP contribution in [0.3, 0.4) is 0 Å². The van der Waals surface area contributed by atoms with Crippen LogP contribution in [0.4, 0.5) is 0 Å². The minimum atomic E-state index is 0. The molecule has 18 heavy (non-hydrogen) atoms. The summed E-state index contributed by atoms with van der Waals surface area (Å²) < 4.78 is 1.05. The summed E-state index contributed by atoms with van der Waals surface area (Å²) in [6.45, 7) is 7.56. The number of allylic oxidation sites excluding steroid dienone is 1. The molecule has 0 saturated heterocycles. The summed E-state index contributed by atoms with van der Waals surface area (Å²) in [5.74, 6) is 0.284. The first-order valence-corrected chi connectivity index (χ1v) is 6.06. The van der Waals surface area contributed by atoms with Crippen molar-refractivity contribution < 1.29 is 5.11 Å². The summed E-state index contributed by atoms with van der Waals surface area (Å²) in [7, 11) is 0. The highest BCUT2D eigenvalue weighted by Gasteiger charge is 2.01. The molecular weight excluding hydrogens is 242 g/mol. The Bertz CT molecular complexity index is 626. The quantitative estimate of drug-likeness (QED) is 0.918. The topological polar surface area (TPSA) is 33.1 Å². The van der Waals surface area contributed by atoms with Crippen LogP contribution in [0, 0.1) is 0 Å². The van der Waals surface area contributed by atoms with Crippen LogP contribution in [0.25, 0.3) is 12.7 Å². The molecule has 1 N–H and O–H groups in total. The van der Waals surface area contributed by atoms with Gasteiger partial charge in [-0.3, -0.25) is 0 Å². The summed E-state index contributed by atoms with van der Waals surface area (Å²) in [4.78, 5) is 4.41. The molecule has 0 saturated carbocycles. The molecule has 0 spiro atoms. The Labute approximate surface area is 111 Å². The lowest BCUT2D eigenvalue weighted by Crippen LogP contribution is -2.17. The van der Waals surface area contributed by atoms with Crippen LogP contribution in [-0.4, -0.2) is 10.1 Å². The maximum atomic E-state index is 9.20. The van der Waals surface area contributed by atoms with Crippen LogP contribution in [0.1, 0.15) is 18.0 Å². The van der Waals surface area contributed by atoms with Gasteiger partial charge in [0.25, 0.3) is 0 Å². The Morgan fingerprint density at radius 3 is 2.56 bits per heavy atom. The molecule has 0 aliphatic heterocycles. The number of phenolic OH excluding ortho intramolecular Hbond substituents is 1. The lowest BCUT2D eigenvalue weighted by molar-refractivity contribution is 0.475. The number of phenols is 1. The van der Waals surface area contributed by atoms with Crippen LogP contribution in [0.2, 0.25) is 0 Å². The molecule has 0 fully saturated rings. The smallest absolute Gasteiger partial charge is 0.115 e. The molecule has 1 aromatic carbocycles. The number of benzene rings is 1. The van der Waals surface area contributed by atoms with E-state index in [0.717, 1.165) is 26.9 Å². The fraction of sp³-hybridized carbons (Fsp3) is 0.133. The second-order valence-corrected chi connectivity index (χ2v) is 4.78. The molecule has 0 aliphatic rings. The predicted molar refractivity (Wildman–Crippen MR) is 79.2 cm³/mol. The third kappa shape index (κ3) is 3.31. The monoisotopic (exact) mass is 259 g/mol. The second kappa shape index (κ2) is 6.17. The van der Waals surface area contributed by atoms with Crippen molar-refractivity contribution >= 4 is 24.0 Å². The van der Waals surface area contributed by atoms with Gasteiger partial charge in [0.2, 0.25) is 0 Å². The zero-order valence-corrected chi connectivity index (χ0v) is 10.2. The van der Waals surface area contributed by atoms with E-state index in [2.05, 4.69) is 18.1 Å². The number of hydrogen-bond acceptors (Lipinski definition) is 3. The molecule has 0 atom stereocenters. The Balaban J connectivity index is 0.00000162. The van der Waals surface area contributed by atoms with E-state index in [-0.39, 0.29) is 13.2 Å². The van der Waals surface area contributed by atoms with Crippen molar-refractivity contribution in [1.29, 1.82) is 0 Å². The van der Waals surface area contributed by atoms with Gasteiger partial charge >= 0.3 is 0 Å². The number of aromatic nitrogens is 1. The number of rotatable bonds is 3. The van der Waals surface area contributed by atoms with Gasteiger partial charge in [0, 0.05) is 6.42 Å². The van der Waals surface area contributed by atoms with Gasteiger partial charge in [-0.15, -0.1) is 11.3 Å². The van der Waals surface area contributed by atoms with Gasteiger partial charge in [-0.25, -0.2) is 4.98 Å². The third-order valence-corrected chi connectivity index (χ3v) is 3.40. The van der Waals surface area contributed by atoms with E-state index >= 15 is 0 Å². The van der Waals surface area contributed by atoms with Gasteiger partial charge in [-0.05, 0) is 23.8 Å². The Morgan fingerprint density at radius 1 is 1.28 bits per heavy atom. The highest BCUT2D eigenvalue weighted by Crippen LogP contribution is 2.13. The van der Waals surface area contributed by atoms with Gasteiger partial charge in [-0.1, -0.05) is 38.8 Å². The summed E-state index contributed by atoms with van der Waals surface area (Å²) in [6.07, 6.45) is 4.42. The van der Waals surface area contributed by atoms with Gasteiger partial charge in [-0.2, -0.15) is 0 Å². The first kappa shape index (κ1) is 14.2. The molecule has 1 heterocycles. The van der Waals surface area contributed by atoms with Crippen LogP contribution in [0.15, 0.2) is 36.9 Å². The minimum absolute atomic E-state index is 0. The van der Waals surface area contributed by atoms with E-state index in [1.54, 1.807) is 29.5 Å². The lowest BCUT2D eigenvalue weighted by Gasteiger charge is -1.97. The zero-order valence-electron chi connectivity index (χ0n) is 9.39. The van der Waals surface area contributed by atoms with Gasteiger partial charge in [0.15, 0.2) is 0 Å². The number of hydrogen-bond donors (Lipinski definition) is 1. The Kier molecular flexibility index (Phi) is 4.86. The molecule has 2 nitrogen and oxygen atoms in total. The molecule has 0 bridgehead atoms. The van der Waals surface area contributed by atoms with E-state index in [4.69, 9.17) is 0 Å². The van der Waals surface area contributed by atoms with Crippen molar-refractivity contribution in [1.82, 2.24) is 4.98 Å². The van der Waals surface area contributed by atoms with E-state index in [1.807, 2.05) is 18.2 Å². The van der Waals surface area contributed by atoms with E-state index < -0.39 is 0 Å². The maximum Gasteiger partial charge on any atom is 0.115 e. The molecule has 0 radical (unpaired) electrons. The van der Waals surface area contributed by atoms with Crippen molar-refractivity contribution in [2.45, 2.75) is 13.8 Å². The van der Waals surface area contributed by atoms with Gasteiger partial charge < -0.3 is 5.11 Å². The largest absolute Gasteiger partial charge is 0.508 e. The summed E-state index contributed by atoms with van der Waals surface area (Å²) >= 11 is 1.62. The molecule has 0 unspecified atom stereocenters. The normalized spacial score (nSPS) is 11.0. The molecule has 2 aromatic rings. The van der Waals surface area contributed by atoms with E-state index in [0.29, 0.717) is 0 Å². The highest BCUT2D eigenvalue weighted by molar-refractivity contribution is 7.09. The SMILES string of the molecule is C.C=C/C=c1/sc(Cc2ccc(O)cc2)nc1=C. The minimum Gasteiger partial charge on any atom is -0.508 e. The number of thiazole rings is 1. The van der Waals surface area contributed by atoms with Crippen molar-refractivity contribution in [3.05, 3.63) is 57.4 Å². The molecule has 94 valence electrons. The van der Waals surface area contributed by atoms with Crippen molar-refractivity contribution in [2.24, 2.45) is 0 Å². The van der Waals surface area contributed by atoms with Gasteiger partial charge in [0.05, 0.1) is 14.9 Å². The average molecular weight is 259 g/mol. The van der Waals surface area contributed by atoms with Crippen molar-refractivity contribution in [3.8, 4) is 5.75 Å². The molecule has 0 aliphatic carbocycles. The molecule has 1 aromatic heterocycles. The molecule has 0 amide bonds. The fourth-order valence-corrected chi connectivity index (χ4v) is 2.49. The maximum absolute atomic E-state index is 9.20.